The number of carboxylic acids is 1. The Hall–Kier alpha value is -2.37. The molecule has 2 N–H and O–H groups in total. The topological polar surface area (TPSA) is 86.3 Å². The Bertz CT molecular complexity index is 769. The van der Waals surface area contributed by atoms with Crippen molar-refractivity contribution in [2.24, 2.45) is 5.92 Å². The van der Waals surface area contributed by atoms with E-state index >= 15 is 0 Å². The van der Waals surface area contributed by atoms with Crippen molar-refractivity contribution in [3.8, 4) is 0 Å². The largest absolute Gasteiger partial charge is 0.480 e. The maximum Gasteiger partial charge on any atom is 0.326 e. The predicted octanol–water partition coefficient (Wildman–Crippen LogP) is 2.42. The highest BCUT2D eigenvalue weighted by Gasteiger charge is 2.47. The molecular weight excluding hydrogens is 294 g/mol. The Kier molecular flexibility index (Phi) is 3.32. The Morgan fingerprint density at radius 2 is 2.09 bits per heavy atom. The number of likely N-dealkylation sites (tertiary alicyclic amines) is 1. The summed E-state index contributed by atoms with van der Waals surface area (Å²) in [5, 5.41) is 17.2. The second kappa shape index (κ2) is 5.37. The molecule has 0 spiro atoms. The molecule has 0 unspecified atom stereocenters. The summed E-state index contributed by atoms with van der Waals surface area (Å²) < 4.78 is 0. The van der Waals surface area contributed by atoms with E-state index in [9.17, 15) is 14.7 Å². The minimum absolute atomic E-state index is 0.0670. The van der Waals surface area contributed by atoms with E-state index < -0.39 is 12.0 Å². The van der Waals surface area contributed by atoms with E-state index in [0.717, 1.165) is 36.6 Å². The van der Waals surface area contributed by atoms with Gasteiger partial charge in [-0.1, -0.05) is 12.8 Å². The zero-order valence-electron chi connectivity index (χ0n) is 12.7. The number of fused-ring (bicyclic) bond motifs is 2. The van der Waals surface area contributed by atoms with Crippen LogP contribution in [0.1, 0.15) is 42.5 Å². The predicted molar refractivity (Wildman–Crippen MR) is 84.1 cm³/mol. The van der Waals surface area contributed by atoms with E-state index in [1.54, 1.807) is 23.2 Å². The lowest BCUT2D eigenvalue weighted by Gasteiger charge is -2.33. The van der Waals surface area contributed by atoms with Gasteiger partial charge in [-0.25, -0.2) is 4.79 Å². The van der Waals surface area contributed by atoms with E-state index in [-0.39, 0.29) is 11.9 Å². The standard InChI is InChI=1S/C17H19N3O3/c21-16(11-5-6-13-12(7-11)9-18-19-13)20-14-4-2-1-3-10(14)8-15(20)17(22)23/h5-7,9-10,14-15H,1-4,8H2,(H,18,19)(H,22,23)/t10-,14+,15-/m0/s1. The number of hydrogen-bond donors (Lipinski definition) is 2. The number of carboxylic acid groups (broad SMARTS) is 1. The second-order valence-corrected chi connectivity index (χ2v) is 6.59. The third-order valence-electron chi connectivity index (χ3n) is 5.29. The van der Waals surface area contributed by atoms with Crippen LogP contribution in [0.4, 0.5) is 0 Å². The number of aliphatic carboxylic acids is 1. The average molecular weight is 313 g/mol. The van der Waals surface area contributed by atoms with Crippen molar-refractivity contribution in [2.75, 3.05) is 0 Å². The van der Waals surface area contributed by atoms with Crippen LogP contribution in [0.5, 0.6) is 0 Å². The normalized spacial score (nSPS) is 27.1. The molecule has 2 fully saturated rings. The monoisotopic (exact) mass is 313 g/mol. The molecule has 2 heterocycles. The van der Waals surface area contributed by atoms with Gasteiger partial charge in [0, 0.05) is 17.0 Å². The fourth-order valence-corrected chi connectivity index (χ4v) is 4.20. The molecule has 6 heteroatoms. The van der Waals surface area contributed by atoms with Crippen LogP contribution in [0.3, 0.4) is 0 Å². The molecular formula is C17H19N3O3. The molecule has 6 nitrogen and oxygen atoms in total. The van der Waals surface area contributed by atoms with Gasteiger partial charge in [0.2, 0.25) is 0 Å². The number of nitrogens with one attached hydrogen (secondary N) is 1. The summed E-state index contributed by atoms with van der Waals surface area (Å²) in [5.74, 6) is -0.738. The Balaban J connectivity index is 1.70. The van der Waals surface area contributed by atoms with E-state index in [0.29, 0.717) is 17.9 Å². The fourth-order valence-electron chi connectivity index (χ4n) is 4.20. The minimum atomic E-state index is -0.892. The Morgan fingerprint density at radius 1 is 1.26 bits per heavy atom. The molecule has 1 aliphatic heterocycles. The molecule has 1 saturated carbocycles. The van der Waals surface area contributed by atoms with E-state index in [2.05, 4.69) is 10.2 Å². The molecule has 2 aliphatic rings. The molecule has 4 rings (SSSR count). The van der Waals surface area contributed by atoms with E-state index in [4.69, 9.17) is 0 Å². The van der Waals surface area contributed by atoms with Crippen molar-refractivity contribution in [1.82, 2.24) is 15.1 Å². The van der Waals surface area contributed by atoms with Crippen molar-refractivity contribution in [3.05, 3.63) is 30.0 Å². The van der Waals surface area contributed by atoms with Crippen LogP contribution in [-0.2, 0) is 4.79 Å². The first kappa shape index (κ1) is 14.2. The fraction of sp³-hybridized carbons (Fsp3) is 0.471. The van der Waals surface area contributed by atoms with Gasteiger partial charge in [-0.2, -0.15) is 5.10 Å². The van der Waals surface area contributed by atoms with Gasteiger partial charge in [-0.05, 0) is 43.4 Å². The van der Waals surface area contributed by atoms with E-state index in [1.165, 1.54) is 0 Å². The third-order valence-corrected chi connectivity index (χ3v) is 5.29. The van der Waals surface area contributed by atoms with Crippen LogP contribution in [0.2, 0.25) is 0 Å². The molecule has 1 amide bonds. The summed E-state index contributed by atoms with van der Waals surface area (Å²) in [6, 6.07) is 4.72. The first-order chi connectivity index (χ1) is 11.1. The molecule has 120 valence electrons. The van der Waals surface area contributed by atoms with Crippen molar-refractivity contribution >= 4 is 22.8 Å². The highest BCUT2D eigenvalue weighted by atomic mass is 16.4. The number of benzene rings is 1. The lowest BCUT2D eigenvalue weighted by Crippen LogP contribution is -2.46. The van der Waals surface area contributed by atoms with Gasteiger partial charge in [-0.15, -0.1) is 0 Å². The van der Waals surface area contributed by atoms with Crippen LogP contribution < -0.4 is 0 Å². The van der Waals surface area contributed by atoms with Crippen molar-refractivity contribution in [2.45, 2.75) is 44.2 Å². The molecule has 23 heavy (non-hydrogen) atoms. The third kappa shape index (κ3) is 2.29. The minimum Gasteiger partial charge on any atom is -0.480 e. The lowest BCUT2D eigenvalue weighted by atomic mass is 9.84. The first-order valence-corrected chi connectivity index (χ1v) is 8.14. The van der Waals surface area contributed by atoms with Crippen LogP contribution in [0.25, 0.3) is 10.9 Å². The highest BCUT2D eigenvalue weighted by molar-refractivity contribution is 6.00. The maximum absolute atomic E-state index is 13.0. The molecule has 1 aromatic heterocycles. The smallest absolute Gasteiger partial charge is 0.326 e. The molecule has 0 bridgehead atoms. The van der Waals surface area contributed by atoms with Crippen molar-refractivity contribution in [1.29, 1.82) is 0 Å². The van der Waals surface area contributed by atoms with Crippen molar-refractivity contribution in [3.63, 3.8) is 0 Å². The van der Waals surface area contributed by atoms with Crippen molar-refractivity contribution < 1.29 is 14.7 Å². The van der Waals surface area contributed by atoms with Crippen LogP contribution in [-0.4, -0.2) is 44.2 Å². The number of hydrogen-bond acceptors (Lipinski definition) is 3. The number of aromatic amines is 1. The van der Waals surface area contributed by atoms with Gasteiger partial charge in [0.25, 0.3) is 5.91 Å². The number of rotatable bonds is 2. The summed E-state index contributed by atoms with van der Waals surface area (Å²) in [5.41, 5.74) is 1.41. The average Bonchev–Trinajstić information content (AvgIpc) is 3.17. The summed E-state index contributed by atoms with van der Waals surface area (Å²) in [7, 11) is 0. The number of nitrogens with zero attached hydrogens (tertiary/aromatic N) is 2. The quantitative estimate of drug-likeness (QED) is 0.891. The van der Waals surface area contributed by atoms with Gasteiger partial charge in [0.15, 0.2) is 0 Å². The molecule has 1 saturated heterocycles. The van der Waals surface area contributed by atoms with Gasteiger partial charge < -0.3 is 10.0 Å². The molecule has 3 atom stereocenters. The second-order valence-electron chi connectivity index (χ2n) is 6.59. The zero-order chi connectivity index (χ0) is 16.0. The number of carbonyl (C=O) groups is 2. The number of H-pyrrole nitrogens is 1. The Morgan fingerprint density at radius 3 is 2.91 bits per heavy atom. The van der Waals surface area contributed by atoms with Crippen LogP contribution in [0.15, 0.2) is 24.4 Å². The highest BCUT2D eigenvalue weighted by Crippen LogP contribution is 2.40. The SMILES string of the molecule is O=C(O)[C@@H]1C[C@@H]2CCCC[C@H]2N1C(=O)c1ccc2[nH]ncc2c1. The van der Waals surface area contributed by atoms with Gasteiger partial charge in [-0.3, -0.25) is 9.89 Å². The zero-order valence-corrected chi connectivity index (χ0v) is 12.7. The molecule has 2 aromatic rings. The van der Waals surface area contributed by atoms with E-state index in [1.807, 2.05) is 6.07 Å². The van der Waals surface area contributed by atoms with Gasteiger partial charge >= 0.3 is 5.97 Å². The van der Waals surface area contributed by atoms with Crippen LogP contribution in [0, 0.1) is 5.92 Å². The lowest BCUT2D eigenvalue weighted by molar-refractivity contribution is -0.141. The molecule has 1 aliphatic carbocycles. The van der Waals surface area contributed by atoms with Gasteiger partial charge in [0.05, 0.1) is 11.7 Å². The maximum atomic E-state index is 13.0. The number of carbonyl (C=O) groups excluding carboxylic acids is 1. The number of amides is 1. The summed E-state index contributed by atoms with van der Waals surface area (Å²) in [4.78, 5) is 26.3. The molecule has 1 aromatic carbocycles. The van der Waals surface area contributed by atoms with Gasteiger partial charge in [0.1, 0.15) is 6.04 Å². The van der Waals surface area contributed by atoms with Crippen LogP contribution >= 0.6 is 0 Å². The molecule has 0 radical (unpaired) electrons. The summed E-state index contributed by atoms with van der Waals surface area (Å²) in [6.07, 6.45) is 6.40. The first-order valence-electron chi connectivity index (χ1n) is 8.14. The summed E-state index contributed by atoms with van der Waals surface area (Å²) in [6.45, 7) is 0. The Labute approximate surface area is 133 Å². The summed E-state index contributed by atoms with van der Waals surface area (Å²) >= 11 is 0. The number of aromatic nitrogens is 2.